The van der Waals surface area contributed by atoms with Crippen molar-refractivity contribution in [1.29, 1.82) is 0 Å². The Morgan fingerprint density at radius 3 is 2.14 bits per heavy atom. The normalized spacial score (nSPS) is 12.9. The van der Waals surface area contributed by atoms with Crippen LogP contribution in [0.5, 0.6) is 0 Å². The maximum absolute atomic E-state index is 10.7. The van der Waals surface area contributed by atoms with Crippen LogP contribution in [0.1, 0.15) is 0 Å². The van der Waals surface area contributed by atoms with Gasteiger partial charge in [0.15, 0.2) is 0 Å². The fourth-order valence-electron chi connectivity index (χ4n) is 1.19. The van der Waals surface area contributed by atoms with E-state index in [1.165, 1.54) is 0 Å². The van der Waals surface area contributed by atoms with Crippen LogP contribution in [-0.4, -0.2) is 18.1 Å². The Bertz CT molecular complexity index is 346. The molecule has 14 heavy (non-hydrogen) atoms. The molecule has 0 radical (unpaired) electrons. The second-order valence-electron chi connectivity index (χ2n) is 3.46. The number of hydrogen-bond donors (Lipinski definition) is 2. The lowest BCUT2D eigenvalue weighted by molar-refractivity contribution is 0.282. The highest BCUT2D eigenvalue weighted by Gasteiger charge is 2.33. The summed E-state index contributed by atoms with van der Waals surface area (Å²) >= 11 is 0. The van der Waals surface area contributed by atoms with Gasteiger partial charge in [0, 0.05) is 0 Å². The monoisotopic (exact) mass is 232 g/mol. The van der Waals surface area contributed by atoms with Crippen molar-refractivity contribution in [2.45, 2.75) is 13.1 Å². The molecular weight excluding hydrogens is 219 g/mol. The summed E-state index contributed by atoms with van der Waals surface area (Å²) in [5, 5.41) is 0.864. The van der Waals surface area contributed by atoms with Gasteiger partial charge in [0.2, 0.25) is 8.32 Å². The largest absolute Gasteiger partial charge is 0.460 e. The van der Waals surface area contributed by atoms with Crippen LogP contribution >= 0.6 is 7.82 Å². The fraction of sp³-hybridized carbons (Fsp3) is 0.250. The zero-order valence-corrected chi connectivity index (χ0v) is 9.94. The van der Waals surface area contributed by atoms with Crippen molar-refractivity contribution in [2.75, 3.05) is 0 Å². The number of benzene rings is 1. The Labute approximate surface area is 83.9 Å². The van der Waals surface area contributed by atoms with E-state index < -0.39 is 16.1 Å². The Morgan fingerprint density at radius 2 is 1.71 bits per heavy atom. The molecule has 78 valence electrons. The molecule has 0 aliphatic rings. The Hall–Kier alpha value is -0.453. The summed E-state index contributed by atoms with van der Waals surface area (Å²) in [7, 11) is -6.87. The van der Waals surface area contributed by atoms with Gasteiger partial charge in [0.25, 0.3) is 0 Å². The van der Waals surface area contributed by atoms with Gasteiger partial charge >= 0.3 is 7.82 Å². The third-order valence-corrected chi connectivity index (χ3v) is 6.32. The molecule has 0 atom stereocenters. The molecule has 2 N–H and O–H groups in total. The van der Waals surface area contributed by atoms with Gasteiger partial charge in [0.1, 0.15) is 0 Å². The number of hydrogen-bond acceptors (Lipinski definition) is 2. The Kier molecular flexibility index (Phi) is 3.29. The van der Waals surface area contributed by atoms with Crippen molar-refractivity contribution in [3.05, 3.63) is 30.3 Å². The molecule has 0 aliphatic carbocycles. The zero-order valence-electron chi connectivity index (χ0n) is 8.04. The Morgan fingerprint density at radius 1 is 1.21 bits per heavy atom. The molecule has 0 fully saturated rings. The minimum atomic E-state index is -4.39. The molecule has 0 aromatic heterocycles. The summed E-state index contributed by atoms with van der Waals surface area (Å²) in [5.41, 5.74) is 0. The van der Waals surface area contributed by atoms with Crippen LogP contribution in [0, 0.1) is 0 Å². The van der Waals surface area contributed by atoms with Gasteiger partial charge in [-0.2, -0.15) is 0 Å². The molecule has 4 nitrogen and oxygen atoms in total. The van der Waals surface area contributed by atoms with Crippen LogP contribution in [0.2, 0.25) is 13.1 Å². The average molecular weight is 232 g/mol. The van der Waals surface area contributed by atoms with Gasteiger partial charge in [-0.3, -0.25) is 0 Å². The second kappa shape index (κ2) is 3.96. The molecule has 1 aromatic carbocycles. The lowest BCUT2D eigenvalue weighted by atomic mass is 10.4. The molecule has 0 bridgehead atoms. The van der Waals surface area contributed by atoms with Crippen LogP contribution in [-0.2, 0) is 8.78 Å². The minimum absolute atomic E-state index is 0.864. The first kappa shape index (κ1) is 11.6. The van der Waals surface area contributed by atoms with Crippen molar-refractivity contribution >= 4 is 21.3 Å². The van der Waals surface area contributed by atoms with Gasteiger partial charge in [-0.25, -0.2) is 4.57 Å². The lowest BCUT2D eigenvalue weighted by Gasteiger charge is -2.23. The van der Waals surface area contributed by atoms with Crippen LogP contribution in [0.3, 0.4) is 0 Å². The molecule has 0 saturated carbocycles. The quantitative estimate of drug-likeness (QED) is 0.607. The molecule has 0 heterocycles. The van der Waals surface area contributed by atoms with Gasteiger partial charge < -0.3 is 14.0 Å². The molecule has 1 aromatic rings. The van der Waals surface area contributed by atoms with E-state index in [2.05, 4.69) is 0 Å². The van der Waals surface area contributed by atoms with E-state index in [4.69, 9.17) is 14.0 Å². The molecule has 6 heteroatoms. The highest BCUT2D eigenvalue weighted by Crippen LogP contribution is 2.39. The minimum Gasteiger partial charge on any atom is -0.325 e. The molecule has 1 rings (SSSR count). The SMILES string of the molecule is C[Si](C)(OP(=O)(O)O)c1ccccc1. The third kappa shape index (κ3) is 3.36. The fourth-order valence-corrected chi connectivity index (χ4v) is 4.98. The van der Waals surface area contributed by atoms with Crippen LogP contribution in [0.4, 0.5) is 0 Å². The van der Waals surface area contributed by atoms with Gasteiger partial charge in [-0.1, -0.05) is 30.3 Å². The maximum atomic E-state index is 10.7. The first-order chi connectivity index (χ1) is 6.31. The third-order valence-electron chi connectivity index (χ3n) is 1.82. The summed E-state index contributed by atoms with van der Waals surface area (Å²) in [6.45, 7) is 3.50. The van der Waals surface area contributed by atoms with E-state index in [9.17, 15) is 4.57 Å². The van der Waals surface area contributed by atoms with E-state index in [0.717, 1.165) is 5.19 Å². The summed E-state index contributed by atoms with van der Waals surface area (Å²) in [4.78, 5) is 17.5. The second-order valence-corrected chi connectivity index (χ2v) is 8.77. The Balaban J connectivity index is 2.92. The first-order valence-electron chi connectivity index (χ1n) is 4.13. The topological polar surface area (TPSA) is 66.8 Å². The van der Waals surface area contributed by atoms with Crippen molar-refractivity contribution in [1.82, 2.24) is 0 Å². The maximum Gasteiger partial charge on any atom is 0.460 e. The predicted molar refractivity (Wildman–Crippen MR) is 56.7 cm³/mol. The predicted octanol–water partition coefficient (Wildman–Crippen LogP) is 1.21. The first-order valence-corrected chi connectivity index (χ1v) is 8.57. The summed E-state index contributed by atoms with van der Waals surface area (Å²) < 4.78 is 15.5. The number of rotatable bonds is 3. The van der Waals surface area contributed by atoms with E-state index >= 15 is 0 Å². The van der Waals surface area contributed by atoms with Crippen molar-refractivity contribution < 1.29 is 18.6 Å². The molecular formula is C8H13O4PSi. The van der Waals surface area contributed by atoms with E-state index in [-0.39, 0.29) is 0 Å². The number of phosphoric acid groups is 1. The van der Waals surface area contributed by atoms with Crippen LogP contribution < -0.4 is 5.19 Å². The van der Waals surface area contributed by atoms with E-state index in [1.54, 1.807) is 13.1 Å². The molecule has 0 spiro atoms. The lowest BCUT2D eigenvalue weighted by Crippen LogP contribution is -2.43. The summed E-state index contributed by atoms with van der Waals surface area (Å²) in [6, 6.07) is 9.15. The summed E-state index contributed by atoms with van der Waals surface area (Å²) in [6.07, 6.45) is 0. The highest BCUT2D eigenvalue weighted by atomic mass is 31.2. The molecule has 0 aliphatic heterocycles. The van der Waals surface area contributed by atoms with Crippen molar-refractivity contribution in [3.8, 4) is 0 Å². The van der Waals surface area contributed by atoms with Crippen LogP contribution in [0.15, 0.2) is 30.3 Å². The van der Waals surface area contributed by atoms with E-state index in [0.29, 0.717) is 0 Å². The van der Waals surface area contributed by atoms with Gasteiger partial charge in [0.05, 0.1) is 0 Å². The zero-order chi connectivity index (χ0) is 10.8. The average Bonchev–Trinajstić information content (AvgIpc) is 2.01. The van der Waals surface area contributed by atoms with Crippen LogP contribution in [0.25, 0.3) is 0 Å². The van der Waals surface area contributed by atoms with Gasteiger partial charge in [-0.05, 0) is 18.3 Å². The summed E-state index contributed by atoms with van der Waals surface area (Å²) in [5.74, 6) is 0. The van der Waals surface area contributed by atoms with Gasteiger partial charge in [-0.15, -0.1) is 0 Å². The standard InChI is InChI=1S/C8H13O4PSi/c1-14(2,12-13(9,10)11)8-6-4-3-5-7-8/h3-7H,1-2H3,(H2,9,10,11). The van der Waals surface area contributed by atoms with E-state index in [1.807, 2.05) is 30.3 Å². The molecule has 0 saturated heterocycles. The van der Waals surface area contributed by atoms with Crippen molar-refractivity contribution in [2.24, 2.45) is 0 Å². The van der Waals surface area contributed by atoms with Crippen molar-refractivity contribution in [3.63, 3.8) is 0 Å². The highest BCUT2D eigenvalue weighted by molar-refractivity contribution is 7.48. The molecule has 0 unspecified atom stereocenters. The molecule has 0 amide bonds. The smallest absolute Gasteiger partial charge is 0.325 e.